The third kappa shape index (κ3) is 3.63. The van der Waals surface area contributed by atoms with Crippen LogP contribution in [-0.4, -0.2) is 40.0 Å². The molecule has 5 nitrogen and oxygen atoms in total. The molecule has 30 heavy (non-hydrogen) atoms. The Hall–Kier alpha value is -3.00. The number of nitrogens with zero attached hydrogens (tertiary/aromatic N) is 2. The van der Waals surface area contributed by atoms with Gasteiger partial charge in [-0.05, 0) is 17.7 Å². The molecular formula is C22H19F2N3O2S. The van der Waals surface area contributed by atoms with E-state index in [0.29, 0.717) is 42.2 Å². The van der Waals surface area contributed by atoms with Gasteiger partial charge >= 0.3 is 0 Å². The van der Waals surface area contributed by atoms with E-state index in [2.05, 4.69) is 9.97 Å². The lowest BCUT2D eigenvalue weighted by Crippen LogP contribution is -2.42. The van der Waals surface area contributed by atoms with Gasteiger partial charge in [-0.15, -0.1) is 0 Å². The van der Waals surface area contributed by atoms with Crippen LogP contribution in [0.5, 0.6) is 5.19 Å². The van der Waals surface area contributed by atoms with Crippen LogP contribution in [-0.2, 0) is 11.2 Å². The second-order valence-corrected chi connectivity index (χ2v) is 8.44. The first kappa shape index (κ1) is 19.0. The van der Waals surface area contributed by atoms with E-state index < -0.39 is 11.6 Å². The van der Waals surface area contributed by atoms with Gasteiger partial charge in [0.25, 0.3) is 5.19 Å². The number of amides is 1. The van der Waals surface area contributed by atoms with Crippen molar-refractivity contribution >= 4 is 38.4 Å². The molecule has 1 aliphatic rings. The molecule has 4 aromatic rings. The number of aromatic amines is 1. The Bertz CT molecular complexity index is 1230. The highest BCUT2D eigenvalue weighted by Crippen LogP contribution is 2.32. The maximum absolute atomic E-state index is 13.8. The molecule has 1 fully saturated rings. The summed E-state index contributed by atoms with van der Waals surface area (Å²) in [5.74, 6) is -1.22. The minimum atomic E-state index is -0.686. The van der Waals surface area contributed by atoms with E-state index >= 15 is 0 Å². The zero-order valence-corrected chi connectivity index (χ0v) is 16.8. The molecule has 0 unspecified atom stereocenters. The Kier molecular flexibility index (Phi) is 4.86. The first-order valence-electron chi connectivity index (χ1n) is 9.82. The summed E-state index contributed by atoms with van der Waals surface area (Å²) in [5.41, 5.74) is 2.15. The van der Waals surface area contributed by atoms with Gasteiger partial charge in [-0.1, -0.05) is 29.5 Å². The van der Waals surface area contributed by atoms with Gasteiger partial charge in [-0.25, -0.2) is 8.78 Å². The number of halogens is 2. The van der Waals surface area contributed by atoms with E-state index in [1.807, 2.05) is 35.4 Å². The zero-order chi connectivity index (χ0) is 20.7. The highest BCUT2D eigenvalue weighted by atomic mass is 32.1. The molecule has 0 spiro atoms. The van der Waals surface area contributed by atoms with Crippen LogP contribution in [0.25, 0.3) is 21.1 Å². The van der Waals surface area contributed by atoms with Gasteiger partial charge in [0, 0.05) is 49.1 Å². The van der Waals surface area contributed by atoms with Gasteiger partial charge in [-0.3, -0.25) is 4.79 Å². The van der Waals surface area contributed by atoms with Gasteiger partial charge in [0.1, 0.15) is 17.4 Å². The number of para-hydroxylation sites is 1. The number of carbonyl (C=O) groups is 1. The molecule has 154 valence electrons. The van der Waals surface area contributed by atoms with Crippen molar-refractivity contribution in [3.63, 3.8) is 0 Å². The SMILES string of the molecule is O=C(Cc1c[nH]c2ccccc12)N1CCC(Oc2nc3c(F)cc(F)cc3s2)CC1. The van der Waals surface area contributed by atoms with Crippen molar-refractivity contribution in [2.75, 3.05) is 13.1 Å². The van der Waals surface area contributed by atoms with Gasteiger partial charge in [0.2, 0.25) is 5.91 Å². The molecule has 5 rings (SSSR count). The minimum absolute atomic E-state index is 0.0933. The number of piperidine rings is 1. The fraction of sp³-hybridized carbons (Fsp3) is 0.273. The van der Waals surface area contributed by atoms with Crippen molar-refractivity contribution < 1.29 is 18.3 Å². The van der Waals surface area contributed by atoms with E-state index in [0.717, 1.165) is 33.9 Å². The maximum Gasteiger partial charge on any atom is 0.274 e. The quantitative estimate of drug-likeness (QED) is 0.515. The smallest absolute Gasteiger partial charge is 0.274 e. The van der Waals surface area contributed by atoms with Crippen molar-refractivity contribution in [3.8, 4) is 5.19 Å². The van der Waals surface area contributed by atoms with E-state index in [4.69, 9.17) is 4.74 Å². The first-order chi connectivity index (χ1) is 14.6. The molecule has 1 saturated heterocycles. The summed E-state index contributed by atoms with van der Waals surface area (Å²) in [7, 11) is 0. The number of carbonyl (C=O) groups excluding carboxylic acids is 1. The Labute approximate surface area is 175 Å². The number of thiazole rings is 1. The van der Waals surface area contributed by atoms with E-state index in [-0.39, 0.29) is 17.5 Å². The third-order valence-electron chi connectivity index (χ3n) is 5.47. The number of H-pyrrole nitrogens is 1. The fourth-order valence-electron chi connectivity index (χ4n) is 3.91. The lowest BCUT2D eigenvalue weighted by atomic mass is 10.1. The van der Waals surface area contributed by atoms with Crippen LogP contribution < -0.4 is 4.74 Å². The zero-order valence-electron chi connectivity index (χ0n) is 16.0. The highest BCUT2D eigenvalue weighted by molar-refractivity contribution is 7.20. The summed E-state index contributed by atoms with van der Waals surface area (Å²) in [6, 6.07) is 10.0. The van der Waals surface area contributed by atoms with Crippen LogP contribution in [0.4, 0.5) is 8.78 Å². The van der Waals surface area contributed by atoms with Crippen LogP contribution in [0.2, 0.25) is 0 Å². The minimum Gasteiger partial charge on any atom is -0.467 e. The maximum atomic E-state index is 13.8. The van der Waals surface area contributed by atoms with Crippen molar-refractivity contribution in [2.24, 2.45) is 0 Å². The van der Waals surface area contributed by atoms with Crippen molar-refractivity contribution in [1.29, 1.82) is 0 Å². The molecule has 1 aliphatic heterocycles. The van der Waals surface area contributed by atoms with Crippen LogP contribution in [0.15, 0.2) is 42.6 Å². The molecule has 3 heterocycles. The number of nitrogens with one attached hydrogen (secondary N) is 1. The second-order valence-electron chi connectivity index (χ2n) is 7.45. The summed E-state index contributed by atoms with van der Waals surface area (Å²) < 4.78 is 33.5. The molecule has 2 aromatic heterocycles. The molecule has 0 bridgehead atoms. The largest absolute Gasteiger partial charge is 0.467 e. The van der Waals surface area contributed by atoms with Crippen LogP contribution >= 0.6 is 11.3 Å². The van der Waals surface area contributed by atoms with Gasteiger partial charge < -0.3 is 14.6 Å². The molecular weight excluding hydrogens is 408 g/mol. The first-order valence-corrected chi connectivity index (χ1v) is 10.6. The molecule has 0 aliphatic carbocycles. The van der Waals surface area contributed by atoms with E-state index in [9.17, 15) is 13.6 Å². The molecule has 1 amide bonds. The summed E-state index contributed by atoms with van der Waals surface area (Å²) >= 11 is 1.13. The predicted octanol–water partition coefficient (Wildman–Crippen LogP) is 4.67. The van der Waals surface area contributed by atoms with Gasteiger partial charge in [-0.2, -0.15) is 4.98 Å². The summed E-state index contributed by atoms with van der Waals surface area (Å²) in [5, 5.41) is 1.40. The second kappa shape index (κ2) is 7.68. The Morgan fingerprint density at radius 3 is 2.87 bits per heavy atom. The molecule has 2 aromatic carbocycles. The van der Waals surface area contributed by atoms with Gasteiger partial charge in [0.15, 0.2) is 5.82 Å². The average molecular weight is 427 g/mol. The van der Waals surface area contributed by atoms with Crippen LogP contribution in [0.1, 0.15) is 18.4 Å². The van der Waals surface area contributed by atoms with Crippen LogP contribution in [0.3, 0.4) is 0 Å². The molecule has 0 atom stereocenters. The molecule has 0 saturated carbocycles. The normalized spacial score (nSPS) is 15.2. The van der Waals surface area contributed by atoms with Gasteiger partial charge in [0.05, 0.1) is 11.1 Å². The molecule has 1 N–H and O–H groups in total. The van der Waals surface area contributed by atoms with Crippen molar-refractivity contribution in [2.45, 2.75) is 25.4 Å². The number of likely N-dealkylation sites (tertiary alicyclic amines) is 1. The monoisotopic (exact) mass is 427 g/mol. The van der Waals surface area contributed by atoms with Crippen molar-refractivity contribution in [1.82, 2.24) is 14.9 Å². The predicted molar refractivity (Wildman–Crippen MR) is 112 cm³/mol. The summed E-state index contributed by atoms with van der Waals surface area (Å²) in [6.07, 6.45) is 3.50. The number of fused-ring (bicyclic) bond motifs is 2. The Morgan fingerprint density at radius 2 is 2.03 bits per heavy atom. The number of benzene rings is 2. The number of rotatable bonds is 4. The topological polar surface area (TPSA) is 58.2 Å². The number of aromatic nitrogens is 2. The lowest BCUT2D eigenvalue weighted by Gasteiger charge is -2.31. The number of ether oxygens (including phenoxy) is 1. The Balaban J connectivity index is 1.20. The highest BCUT2D eigenvalue weighted by Gasteiger charge is 2.25. The number of hydrogen-bond donors (Lipinski definition) is 1. The van der Waals surface area contributed by atoms with Crippen molar-refractivity contribution in [3.05, 3.63) is 59.8 Å². The lowest BCUT2D eigenvalue weighted by molar-refractivity contribution is -0.132. The number of hydrogen-bond acceptors (Lipinski definition) is 4. The Morgan fingerprint density at radius 1 is 1.23 bits per heavy atom. The van der Waals surface area contributed by atoms with E-state index in [1.165, 1.54) is 6.07 Å². The summed E-state index contributed by atoms with van der Waals surface area (Å²) in [6.45, 7) is 1.19. The standard InChI is InChI=1S/C22H19F2N3O2S/c23-14-10-17(24)21-19(11-14)30-22(26-21)29-15-5-7-27(8-6-15)20(28)9-13-12-25-18-4-2-1-3-16(13)18/h1-4,10-12,15,25H,5-9H2. The molecule has 0 radical (unpaired) electrons. The average Bonchev–Trinajstić information content (AvgIpc) is 3.33. The van der Waals surface area contributed by atoms with E-state index in [1.54, 1.807) is 0 Å². The third-order valence-corrected chi connectivity index (χ3v) is 6.37. The fourth-order valence-corrected chi connectivity index (χ4v) is 4.83. The van der Waals surface area contributed by atoms with Crippen LogP contribution in [0, 0.1) is 11.6 Å². The molecule has 8 heteroatoms. The summed E-state index contributed by atoms with van der Waals surface area (Å²) in [4.78, 5) is 22.0.